The fourth-order valence-electron chi connectivity index (χ4n) is 4.78. The van der Waals surface area contributed by atoms with Crippen LogP contribution >= 0.6 is 0 Å². The highest BCUT2D eigenvalue weighted by molar-refractivity contribution is 5.60. The predicted molar refractivity (Wildman–Crippen MR) is 103 cm³/mol. The van der Waals surface area contributed by atoms with Gasteiger partial charge in [-0.25, -0.2) is 9.97 Å². The van der Waals surface area contributed by atoms with Crippen molar-refractivity contribution >= 4 is 5.82 Å². The molecule has 1 saturated heterocycles. The molecule has 0 spiro atoms. The molecule has 1 aliphatic heterocycles. The zero-order valence-corrected chi connectivity index (χ0v) is 15.9. The lowest BCUT2D eigenvalue weighted by Crippen LogP contribution is -2.41. The van der Waals surface area contributed by atoms with Crippen LogP contribution in [0.3, 0.4) is 0 Å². The molecule has 0 aromatic carbocycles. The minimum atomic E-state index is 0.345. The van der Waals surface area contributed by atoms with E-state index in [2.05, 4.69) is 9.88 Å². The third kappa shape index (κ3) is 3.06. The van der Waals surface area contributed by atoms with Gasteiger partial charge in [0.2, 0.25) is 0 Å². The molecular weight excluding hydrogens is 340 g/mol. The molecule has 3 aliphatic rings. The number of methoxy groups -OCH3 is 1. The minimum Gasteiger partial charge on any atom is -0.497 e. The summed E-state index contributed by atoms with van der Waals surface area (Å²) < 4.78 is 11.5. The number of nitrogens with zero attached hydrogens (tertiary/aromatic N) is 4. The summed E-state index contributed by atoms with van der Waals surface area (Å²) in [6.45, 7) is 1.87. The van der Waals surface area contributed by atoms with Crippen LogP contribution in [0.1, 0.15) is 43.4 Å². The molecule has 0 N–H and O–H groups in total. The first-order valence-electron chi connectivity index (χ1n) is 10.1. The van der Waals surface area contributed by atoms with E-state index in [4.69, 9.17) is 19.4 Å². The maximum atomic E-state index is 6.13. The lowest BCUT2D eigenvalue weighted by molar-refractivity contribution is 0.0590. The Labute approximate surface area is 159 Å². The molecule has 142 valence electrons. The Bertz CT molecular complexity index is 841. The summed E-state index contributed by atoms with van der Waals surface area (Å²) in [6.07, 6.45) is 10.0. The minimum absolute atomic E-state index is 0.345. The zero-order valence-electron chi connectivity index (χ0n) is 15.9. The standard InChI is InChI=1S/C21H26N4O2/c1-26-14-9-10-22-17(13-14)20-23-16-6-2-5-15(16)21(24-20)25-11-4-12-27-19-8-3-7-18(19)25/h9-10,13,18-19H,2-8,11-12H2,1H3/t18-,19+/m0/s1. The molecule has 2 fully saturated rings. The number of aryl methyl sites for hydroxylation is 1. The largest absolute Gasteiger partial charge is 0.497 e. The smallest absolute Gasteiger partial charge is 0.180 e. The van der Waals surface area contributed by atoms with Gasteiger partial charge in [-0.1, -0.05) is 0 Å². The average Bonchev–Trinajstić information content (AvgIpc) is 3.33. The Morgan fingerprint density at radius 1 is 1.15 bits per heavy atom. The summed E-state index contributed by atoms with van der Waals surface area (Å²) >= 11 is 0. The van der Waals surface area contributed by atoms with Crippen LogP contribution in [-0.4, -0.2) is 47.4 Å². The number of rotatable bonds is 3. The Morgan fingerprint density at radius 2 is 2.11 bits per heavy atom. The van der Waals surface area contributed by atoms with Gasteiger partial charge in [0.05, 0.1) is 19.3 Å². The summed E-state index contributed by atoms with van der Waals surface area (Å²) in [5.41, 5.74) is 3.31. The number of anilines is 1. The van der Waals surface area contributed by atoms with Gasteiger partial charge in [0.1, 0.15) is 17.3 Å². The van der Waals surface area contributed by atoms with E-state index in [0.717, 1.165) is 56.1 Å². The molecule has 27 heavy (non-hydrogen) atoms. The van der Waals surface area contributed by atoms with Crippen molar-refractivity contribution in [2.24, 2.45) is 0 Å². The molecule has 1 saturated carbocycles. The normalized spacial score (nSPS) is 24.4. The van der Waals surface area contributed by atoms with E-state index in [0.29, 0.717) is 18.0 Å². The van der Waals surface area contributed by atoms with Crippen LogP contribution in [0, 0.1) is 0 Å². The maximum Gasteiger partial charge on any atom is 0.180 e. The Hall–Kier alpha value is -2.21. The number of fused-ring (bicyclic) bond motifs is 2. The molecule has 6 heteroatoms. The van der Waals surface area contributed by atoms with Gasteiger partial charge in [0.15, 0.2) is 5.82 Å². The number of pyridine rings is 1. The molecule has 2 aliphatic carbocycles. The van der Waals surface area contributed by atoms with Crippen molar-refractivity contribution in [3.63, 3.8) is 0 Å². The highest BCUT2D eigenvalue weighted by atomic mass is 16.5. The summed E-state index contributed by atoms with van der Waals surface area (Å²) in [5.74, 6) is 2.62. The quantitative estimate of drug-likeness (QED) is 0.831. The van der Waals surface area contributed by atoms with Crippen molar-refractivity contribution in [1.29, 1.82) is 0 Å². The van der Waals surface area contributed by atoms with E-state index in [1.165, 1.54) is 30.5 Å². The molecule has 3 heterocycles. The molecular formula is C21H26N4O2. The van der Waals surface area contributed by atoms with E-state index < -0.39 is 0 Å². The first kappa shape index (κ1) is 16.9. The molecule has 0 unspecified atom stereocenters. The van der Waals surface area contributed by atoms with Gasteiger partial charge >= 0.3 is 0 Å². The van der Waals surface area contributed by atoms with E-state index in [1.807, 2.05) is 12.1 Å². The van der Waals surface area contributed by atoms with Gasteiger partial charge < -0.3 is 14.4 Å². The third-order valence-corrected chi connectivity index (χ3v) is 6.07. The first-order chi connectivity index (χ1) is 13.3. The monoisotopic (exact) mass is 366 g/mol. The van der Waals surface area contributed by atoms with Crippen molar-refractivity contribution in [1.82, 2.24) is 15.0 Å². The number of ether oxygens (including phenoxy) is 2. The molecule has 0 amide bonds. The van der Waals surface area contributed by atoms with Crippen molar-refractivity contribution in [3.05, 3.63) is 29.6 Å². The highest BCUT2D eigenvalue weighted by Gasteiger charge is 2.37. The lowest BCUT2D eigenvalue weighted by atomic mass is 10.1. The van der Waals surface area contributed by atoms with Crippen LogP contribution in [-0.2, 0) is 17.6 Å². The summed E-state index contributed by atoms with van der Waals surface area (Å²) in [7, 11) is 1.67. The van der Waals surface area contributed by atoms with Crippen LogP contribution < -0.4 is 9.64 Å². The second-order valence-electron chi connectivity index (χ2n) is 7.68. The van der Waals surface area contributed by atoms with E-state index in [-0.39, 0.29) is 0 Å². The number of hydrogen-bond acceptors (Lipinski definition) is 6. The SMILES string of the molecule is COc1ccnc(-c2nc3c(c(N4CCCO[C@@H]5CCC[C@@H]54)n2)CCC3)c1. The van der Waals surface area contributed by atoms with E-state index in [1.54, 1.807) is 13.3 Å². The zero-order chi connectivity index (χ0) is 18.2. The fourth-order valence-corrected chi connectivity index (χ4v) is 4.78. The van der Waals surface area contributed by atoms with Crippen LogP contribution in [0.15, 0.2) is 18.3 Å². The van der Waals surface area contributed by atoms with Crippen LogP contribution in [0.5, 0.6) is 5.75 Å². The fraction of sp³-hybridized carbons (Fsp3) is 0.571. The molecule has 0 bridgehead atoms. The molecule has 2 aromatic rings. The second kappa shape index (κ2) is 7.08. The highest BCUT2D eigenvalue weighted by Crippen LogP contribution is 2.37. The maximum absolute atomic E-state index is 6.13. The van der Waals surface area contributed by atoms with E-state index >= 15 is 0 Å². The van der Waals surface area contributed by atoms with Crippen molar-refractivity contribution in [2.75, 3.05) is 25.2 Å². The van der Waals surface area contributed by atoms with Crippen molar-refractivity contribution in [3.8, 4) is 17.3 Å². The van der Waals surface area contributed by atoms with Crippen LogP contribution in [0.4, 0.5) is 5.82 Å². The third-order valence-electron chi connectivity index (χ3n) is 6.07. The molecule has 5 rings (SSSR count). The van der Waals surface area contributed by atoms with Gasteiger partial charge in [0.25, 0.3) is 0 Å². The molecule has 0 radical (unpaired) electrons. The molecule has 6 nitrogen and oxygen atoms in total. The summed E-state index contributed by atoms with van der Waals surface area (Å²) in [6, 6.07) is 4.22. The Balaban J connectivity index is 1.60. The van der Waals surface area contributed by atoms with Crippen LogP contribution in [0.2, 0.25) is 0 Å². The van der Waals surface area contributed by atoms with Crippen molar-refractivity contribution < 1.29 is 9.47 Å². The Morgan fingerprint density at radius 3 is 3.04 bits per heavy atom. The summed E-state index contributed by atoms with van der Waals surface area (Å²) in [4.78, 5) is 17.0. The van der Waals surface area contributed by atoms with E-state index in [9.17, 15) is 0 Å². The van der Waals surface area contributed by atoms with Crippen LogP contribution in [0.25, 0.3) is 11.5 Å². The Kier molecular flexibility index (Phi) is 4.44. The molecule has 2 aromatic heterocycles. The predicted octanol–water partition coefficient (Wildman–Crippen LogP) is 3.18. The van der Waals surface area contributed by atoms with Gasteiger partial charge in [-0.2, -0.15) is 0 Å². The van der Waals surface area contributed by atoms with Gasteiger partial charge in [0, 0.05) is 36.7 Å². The topological polar surface area (TPSA) is 60.4 Å². The second-order valence-corrected chi connectivity index (χ2v) is 7.68. The van der Waals surface area contributed by atoms with Gasteiger partial charge in [-0.3, -0.25) is 4.98 Å². The van der Waals surface area contributed by atoms with Crippen molar-refractivity contribution in [2.45, 2.75) is 57.1 Å². The number of aromatic nitrogens is 3. The molecule has 2 atom stereocenters. The first-order valence-corrected chi connectivity index (χ1v) is 10.1. The number of hydrogen-bond donors (Lipinski definition) is 0. The van der Waals surface area contributed by atoms with Gasteiger partial charge in [-0.15, -0.1) is 0 Å². The lowest BCUT2D eigenvalue weighted by Gasteiger charge is -2.32. The van der Waals surface area contributed by atoms with Gasteiger partial charge in [-0.05, 0) is 51.0 Å². The average molecular weight is 366 g/mol. The summed E-state index contributed by atoms with van der Waals surface area (Å²) in [5, 5.41) is 0.